The molecule has 4 saturated carbocycles. The summed E-state index contributed by atoms with van der Waals surface area (Å²) in [4.78, 5) is 10.9. The Morgan fingerprint density at radius 1 is 1.00 bits per heavy atom. The van der Waals surface area contributed by atoms with Gasteiger partial charge in [0, 0.05) is 6.42 Å². The van der Waals surface area contributed by atoms with Crippen molar-refractivity contribution in [2.24, 2.45) is 40.4 Å². The first-order valence-corrected chi connectivity index (χ1v) is 11.6. The highest BCUT2D eigenvalue weighted by Crippen LogP contribution is 2.67. The molecule has 0 heterocycles. The number of carboxylic acid groups (broad SMARTS) is 1. The highest BCUT2D eigenvalue weighted by molar-refractivity contribution is 5.66. The molecule has 0 radical (unpaired) electrons. The second kappa shape index (κ2) is 8.39. The Kier molecular flexibility index (Phi) is 6.50. The standard InChI is InChI=1S/C23H38O3.C2H2/c1-22-12-4-3-6-16(22)14-19(24)21-17-10-9-15(7-5-8-20(25)26)23(17,2)13-11-18(21)22;1-2/h15-19,21,24H,3-14H2,1-2H3,(H,25,26);1-2H/t15?,16?,17-,18-,19+,21?,22?,23?;/m0./s1. The molecule has 0 aromatic heterocycles. The summed E-state index contributed by atoms with van der Waals surface area (Å²) >= 11 is 0. The van der Waals surface area contributed by atoms with Gasteiger partial charge in [0.1, 0.15) is 0 Å². The Balaban J connectivity index is 0.00000109. The normalized spacial score (nSPS) is 47.0. The maximum Gasteiger partial charge on any atom is 0.303 e. The average molecular weight is 389 g/mol. The monoisotopic (exact) mass is 388 g/mol. The van der Waals surface area contributed by atoms with Crippen LogP contribution in [0.25, 0.3) is 0 Å². The van der Waals surface area contributed by atoms with E-state index in [4.69, 9.17) is 5.11 Å². The van der Waals surface area contributed by atoms with Gasteiger partial charge in [-0.3, -0.25) is 4.79 Å². The summed E-state index contributed by atoms with van der Waals surface area (Å²) in [5.74, 6) is 2.62. The molecule has 0 bridgehead atoms. The fourth-order valence-electron chi connectivity index (χ4n) is 8.34. The predicted octanol–water partition coefficient (Wildman–Crippen LogP) is 5.51. The molecule has 158 valence electrons. The van der Waals surface area contributed by atoms with Gasteiger partial charge in [0.05, 0.1) is 6.10 Å². The zero-order valence-corrected chi connectivity index (χ0v) is 17.9. The van der Waals surface area contributed by atoms with Gasteiger partial charge >= 0.3 is 5.97 Å². The summed E-state index contributed by atoms with van der Waals surface area (Å²) < 4.78 is 0. The second-order valence-electron chi connectivity index (χ2n) is 10.6. The van der Waals surface area contributed by atoms with E-state index in [1.807, 2.05) is 0 Å². The van der Waals surface area contributed by atoms with Crippen LogP contribution in [0.5, 0.6) is 0 Å². The summed E-state index contributed by atoms with van der Waals surface area (Å²) in [5, 5.41) is 20.2. The number of aliphatic hydroxyl groups is 1. The molecule has 4 rings (SSSR count). The van der Waals surface area contributed by atoms with Crippen molar-refractivity contribution >= 4 is 5.97 Å². The van der Waals surface area contributed by atoms with Gasteiger partial charge in [-0.2, -0.15) is 0 Å². The Morgan fingerprint density at radius 2 is 1.71 bits per heavy atom. The Hall–Kier alpha value is -1.01. The third kappa shape index (κ3) is 3.51. The van der Waals surface area contributed by atoms with Crippen molar-refractivity contribution in [3.05, 3.63) is 0 Å². The van der Waals surface area contributed by atoms with Crippen LogP contribution in [0.2, 0.25) is 0 Å². The van der Waals surface area contributed by atoms with Crippen molar-refractivity contribution < 1.29 is 15.0 Å². The molecule has 4 aliphatic rings. The lowest BCUT2D eigenvalue weighted by Gasteiger charge is -2.62. The molecule has 8 atom stereocenters. The molecule has 0 aromatic rings. The molecule has 3 heteroatoms. The van der Waals surface area contributed by atoms with Crippen molar-refractivity contribution in [1.82, 2.24) is 0 Å². The van der Waals surface area contributed by atoms with Crippen LogP contribution in [0.4, 0.5) is 0 Å². The van der Waals surface area contributed by atoms with Gasteiger partial charge in [-0.1, -0.05) is 26.7 Å². The first-order valence-electron chi connectivity index (χ1n) is 11.6. The Morgan fingerprint density at radius 3 is 2.43 bits per heavy atom. The van der Waals surface area contributed by atoms with Gasteiger partial charge in [0.2, 0.25) is 0 Å². The van der Waals surface area contributed by atoms with E-state index in [-0.39, 0.29) is 6.10 Å². The molecule has 28 heavy (non-hydrogen) atoms. The number of carboxylic acids is 1. The summed E-state index contributed by atoms with van der Waals surface area (Å²) in [7, 11) is 0. The van der Waals surface area contributed by atoms with Crippen molar-refractivity contribution in [3.63, 3.8) is 0 Å². The average Bonchev–Trinajstić information content (AvgIpc) is 3.00. The van der Waals surface area contributed by atoms with Crippen molar-refractivity contribution in [3.8, 4) is 12.8 Å². The third-order valence-electron chi connectivity index (χ3n) is 9.74. The molecule has 5 unspecified atom stereocenters. The molecule has 4 aliphatic carbocycles. The SMILES string of the molecule is C#C.CC12CC[C@H]3C([C@H](O)CC4CCCCC43C)[C@@H]1CCC2CCCC(=O)O. The minimum Gasteiger partial charge on any atom is -0.481 e. The summed E-state index contributed by atoms with van der Waals surface area (Å²) in [6.07, 6.45) is 21.7. The van der Waals surface area contributed by atoms with Gasteiger partial charge in [-0.05, 0) is 98.2 Å². The summed E-state index contributed by atoms with van der Waals surface area (Å²) in [5.41, 5.74) is 0.795. The molecular weight excluding hydrogens is 348 g/mol. The van der Waals surface area contributed by atoms with Crippen molar-refractivity contribution in [2.45, 2.75) is 97.0 Å². The number of aliphatic hydroxyl groups excluding tert-OH is 1. The van der Waals surface area contributed by atoms with Crippen LogP contribution in [0.1, 0.15) is 90.9 Å². The molecule has 3 nitrogen and oxygen atoms in total. The summed E-state index contributed by atoms with van der Waals surface area (Å²) in [6, 6.07) is 0. The van der Waals surface area contributed by atoms with Crippen LogP contribution in [0.15, 0.2) is 0 Å². The van der Waals surface area contributed by atoms with E-state index in [0.717, 1.165) is 25.2 Å². The Bertz CT molecular complexity index is 584. The molecule has 2 N–H and O–H groups in total. The molecular formula is C25H40O3. The molecule has 0 amide bonds. The van der Waals surface area contributed by atoms with Gasteiger partial charge in [0.15, 0.2) is 0 Å². The van der Waals surface area contributed by atoms with Crippen LogP contribution in [-0.4, -0.2) is 22.3 Å². The van der Waals surface area contributed by atoms with E-state index in [1.54, 1.807) is 0 Å². The third-order valence-corrected chi connectivity index (χ3v) is 9.74. The maximum absolute atomic E-state index is 11.2. The number of aliphatic carboxylic acids is 1. The molecule has 0 aromatic carbocycles. The highest BCUT2D eigenvalue weighted by atomic mass is 16.4. The van der Waals surface area contributed by atoms with Gasteiger partial charge in [0.25, 0.3) is 0 Å². The zero-order chi connectivity index (χ0) is 20.5. The number of fused-ring (bicyclic) bond motifs is 5. The van der Waals surface area contributed by atoms with E-state index in [2.05, 4.69) is 26.7 Å². The van der Waals surface area contributed by atoms with Crippen LogP contribution in [-0.2, 0) is 4.79 Å². The minimum absolute atomic E-state index is 0.0985. The number of hydrogen-bond acceptors (Lipinski definition) is 2. The number of hydrogen-bond donors (Lipinski definition) is 2. The fraction of sp³-hybridized carbons (Fsp3) is 0.880. The van der Waals surface area contributed by atoms with E-state index in [0.29, 0.717) is 40.9 Å². The van der Waals surface area contributed by atoms with Crippen molar-refractivity contribution in [2.75, 3.05) is 0 Å². The Labute approximate surface area is 171 Å². The van der Waals surface area contributed by atoms with E-state index < -0.39 is 5.97 Å². The van der Waals surface area contributed by atoms with Crippen LogP contribution in [0.3, 0.4) is 0 Å². The predicted molar refractivity (Wildman–Crippen MR) is 113 cm³/mol. The molecule has 0 aliphatic heterocycles. The first-order chi connectivity index (χ1) is 13.4. The lowest BCUT2D eigenvalue weighted by molar-refractivity contribution is -0.162. The molecule has 0 spiro atoms. The lowest BCUT2D eigenvalue weighted by atomic mass is 9.44. The maximum atomic E-state index is 11.2. The van der Waals surface area contributed by atoms with Crippen LogP contribution in [0, 0.1) is 53.3 Å². The number of terminal acetylenes is 1. The van der Waals surface area contributed by atoms with Crippen molar-refractivity contribution in [1.29, 1.82) is 0 Å². The van der Waals surface area contributed by atoms with E-state index in [9.17, 15) is 9.90 Å². The zero-order valence-electron chi connectivity index (χ0n) is 17.9. The van der Waals surface area contributed by atoms with E-state index in [1.165, 1.54) is 51.4 Å². The van der Waals surface area contributed by atoms with Gasteiger partial charge in [-0.25, -0.2) is 0 Å². The largest absolute Gasteiger partial charge is 0.481 e. The van der Waals surface area contributed by atoms with E-state index >= 15 is 0 Å². The lowest BCUT2D eigenvalue weighted by Crippen LogP contribution is -2.57. The van der Waals surface area contributed by atoms with Gasteiger partial charge in [-0.15, -0.1) is 12.8 Å². The number of carbonyl (C=O) groups is 1. The quantitative estimate of drug-likeness (QED) is 0.624. The van der Waals surface area contributed by atoms with Crippen LogP contribution < -0.4 is 0 Å². The van der Waals surface area contributed by atoms with Crippen LogP contribution >= 0.6 is 0 Å². The smallest absolute Gasteiger partial charge is 0.303 e. The first kappa shape index (κ1) is 21.7. The molecule has 0 saturated heterocycles. The van der Waals surface area contributed by atoms with Gasteiger partial charge < -0.3 is 10.2 Å². The minimum atomic E-state index is -0.660. The summed E-state index contributed by atoms with van der Waals surface area (Å²) in [6.45, 7) is 5.04. The highest BCUT2D eigenvalue weighted by Gasteiger charge is 2.61. The number of rotatable bonds is 4. The fourth-order valence-corrected chi connectivity index (χ4v) is 8.34. The topological polar surface area (TPSA) is 57.5 Å². The second-order valence-corrected chi connectivity index (χ2v) is 10.6. The molecule has 4 fully saturated rings.